The Labute approximate surface area is 102 Å². The Morgan fingerprint density at radius 3 is 2.35 bits per heavy atom. The van der Waals surface area contributed by atoms with Gasteiger partial charge in [-0.3, -0.25) is 4.57 Å². The van der Waals surface area contributed by atoms with Crippen LogP contribution in [-0.2, 0) is 0 Å². The van der Waals surface area contributed by atoms with Gasteiger partial charge in [-0.2, -0.15) is 0 Å². The maximum absolute atomic E-state index is 4.40. The molecule has 2 rings (SSSR count). The second kappa shape index (κ2) is 4.49. The van der Waals surface area contributed by atoms with E-state index in [0.29, 0.717) is 0 Å². The van der Waals surface area contributed by atoms with Gasteiger partial charge in [0.25, 0.3) is 0 Å². The largest absolute Gasteiger partial charge is 0.378 e. The minimum atomic E-state index is 0.861. The Morgan fingerprint density at radius 1 is 1.18 bits per heavy atom. The maximum atomic E-state index is 4.40. The van der Waals surface area contributed by atoms with Gasteiger partial charge < -0.3 is 10.2 Å². The summed E-state index contributed by atoms with van der Waals surface area (Å²) in [6, 6.07) is 8.39. The highest BCUT2D eigenvalue weighted by Gasteiger charge is 2.05. The molecule has 0 saturated carbocycles. The Balaban J connectivity index is 2.39. The molecule has 0 saturated heterocycles. The molecule has 0 atom stereocenters. The number of imidazole rings is 1. The summed E-state index contributed by atoms with van der Waals surface area (Å²) in [5, 5.41) is 3.09. The van der Waals surface area contributed by atoms with Crippen molar-refractivity contribution < 1.29 is 0 Å². The first-order valence-electron chi connectivity index (χ1n) is 5.63. The van der Waals surface area contributed by atoms with E-state index in [9.17, 15) is 0 Å². The standard InChI is InChI=1S/C13H18N4/c1-10-9-17(13(14-2)15-10)12-7-5-11(6-8-12)16(3)4/h5-9H,1-4H3,(H,14,15). The van der Waals surface area contributed by atoms with Gasteiger partial charge in [0.2, 0.25) is 5.95 Å². The van der Waals surface area contributed by atoms with Crippen LogP contribution in [-0.4, -0.2) is 30.7 Å². The number of benzene rings is 1. The topological polar surface area (TPSA) is 33.1 Å². The highest BCUT2D eigenvalue weighted by atomic mass is 15.2. The fraction of sp³-hybridized carbons (Fsp3) is 0.308. The number of hydrogen-bond donors (Lipinski definition) is 1. The third-order valence-corrected chi connectivity index (χ3v) is 2.69. The number of nitrogens with one attached hydrogen (secondary N) is 1. The van der Waals surface area contributed by atoms with Crippen molar-refractivity contribution in [2.45, 2.75) is 6.92 Å². The van der Waals surface area contributed by atoms with Crippen molar-refractivity contribution in [2.75, 3.05) is 31.4 Å². The fourth-order valence-corrected chi connectivity index (χ4v) is 1.78. The van der Waals surface area contributed by atoms with Crippen LogP contribution in [0.15, 0.2) is 30.5 Å². The first kappa shape index (κ1) is 11.5. The van der Waals surface area contributed by atoms with Gasteiger partial charge in [-0.25, -0.2) is 4.98 Å². The van der Waals surface area contributed by atoms with E-state index in [-0.39, 0.29) is 0 Å². The smallest absolute Gasteiger partial charge is 0.207 e. The summed E-state index contributed by atoms with van der Waals surface area (Å²) in [4.78, 5) is 6.49. The predicted molar refractivity (Wildman–Crippen MR) is 72.2 cm³/mol. The summed E-state index contributed by atoms with van der Waals surface area (Å²) in [5.41, 5.74) is 3.31. The van der Waals surface area contributed by atoms with E-state index in [4.69, 9.17) is 0 Å². The van der Waals surface area contributed by atoms with Gasteiger partial charge in [-0.05, 0) is 31.2 Å². The van der Waals surface area contributed by atoms with Gasteiger partial charge in [0.05, 0.1) is 5.69 Å². The molecule has 0 bridgehead atoms. The molecule has 0 spiro atoms. The molecule has 1 heterocycles. The summed E-state index contributed by atoms with van der Waals surface area (Å²) in [6.45, 7) is 1.99. The van der Waals surface area contributed by atoms with Crippen molar-refractivity contribution >= 4 is 11.6 Å². The molecule has 1 N–H and O–H groups in total. The van der Waals surface area contributed by atoms with E-state index in [2.05, 4.69) is 44.0 Å². The third-order valence-electron chi connectivity index (χ3n) is 2.69. The Kier molecular flexibility index (Phi) is 3.04. The molecule has 0 aliphatic rings. The molecule has 0 aliphatic carbocycles. The highest BCUT2D eigenvalue weighted by molar-refractivity contribution is 5.52. The third kappa shape index (κ3) is 2.25. The molecule has 4 nitrogen and oxygen atoms in total. The summed E-state index contributed by atoms with van der Waals surface area (Å²) in [6.07, 6.45) is 2.02. The minimum absolute atomic E-state index is 0.861. The van der Waals surface area contributed by atoms with Crippen LogP contribution in [0.5, 0.6) is 0 Å². The number of hydrogen-bond acceptors (Lipinski definition) is 3. The Hall–Kier alpha value is -1.97. The summed E-state index contributed by atoms with van der Waals surface area (Å²) >= 11 is 0. The molecule has 1 aromatic heterocycles. The molecule has 0 amide bonds. The fourth-order valence-electron chi connectivity index (χ4n) is 1.78. The second-order valence-electron chi connectivity index (χ2n) is 4.24. The van der Waals surface area contributed by atoms with Gasteiger partial charge >= 0.3 is 0 Å². The molecule has 0 unspecified atom stereocenters. The van der Waals surface area contributed by atoms with Crippen molar-refractivity contribution in [3.05, 3.63) is 36.2 Å². The van der Waals surface area contributed by atoms with E-state index in [1.165, 1.54) is 5.69 Å². The number of nitrogens with zero attached hydrogens (tertiary/aromatic N) is 3. The van der Waals surface area contributed by atoms with E-state index >= 15 is 0 Å². The Bertz CT molecular complexity index is 497. The SMILES string of the molecule is CNc1nc(C)cn1-c1ccc(N(C)C)cc1. The van der Waals surface area contributed by atoms with Crippen molar-refractivity contribution in [1.82, 2.24) is 9.55 Å². The zero-order chi connectivity index (χ0) is 12.4. The lowest BCUT2D eigenvalue weighted by Crippen LogP contribution is -2.08. The van der Waals surface area contributed by atoms with Crippen molar-refractivity contribution in [1.29, 1.82) is 0 Å². The van der Waals surface area contributed by atoms with Crippen LogP contribution in [0.1, 0.15) is 5.69 Å². The molecular weight excluding hydrogens is 212 g/mol. The van der Waals surface area contributed by atoms with Gasteiger partial charge in [0.15, 0.2) is 0 Å². The van der Waals surface area contributed by atoms with Gasteiger partial charge in [0, 0.05) is 38.7 Å². The highest BCUT2D eigenvalue weighted by Crippen LogP contribution is 2.19. The average molecular weight is 230 g/mol. The molecule has 90 valence electrons. The lowest BCUT2D eigenvalue weighted by Gasteiger charge is -2.13. The quantitative estimate of drug-likeness (QED) is 0.878. The summed E-state index contributed by atoms with van der Waals surface area (Å²) in [7, 11) is 5.96. The number of anilines is 2. The first-order valence-corrected chi connectivity index (χ1v) is 5.63. The van der Waals surface area contributed by atoms with Gasteiger partial charge in [0.1, 0.15) is 0 Å². The lowest BCUT2D eigenvalue weighted by molar-refractivity contribution is 1.05. The van der Waals surface area contributed by atoms with E-state index in [0.717, 1.165) is 17.3 Å². The maximum Gasteiger partial charge on any atom is 0.207 e. The number of rotatable bonds is 3. The van der Waals surface area contributed by atoms with Crippen LogP contribution in [0, 0.1) is 6.92 Å². The normalized spacial score (nSPS) is 10.4. The minimum Gasteiger partial charge on any atom is -0.378 e. The summed E-state index contributed by atoms with van der Waals surface area (Å²) < 4.78 is 2.05. The first-order chi connectivity index (χ1) is 8.11. The molecule has 2 aromatic rings. The van der Waals surface area contributed by atoms with E-state index in [1.54, 1.807) is 0 Å². The van der Waals surface area contributed by atoms with Crippen LogP contribution in [0.4, 0.5) is 11.6 Å². The van der Waals surface area contributed by atoms with Crippen LogP contribution >= 0.6 is 0 Å². The summed E-state index contributed by atoms with van der Waals surface area (Å²) in [5.74, 6) is 0.861. The number of aryl methyl sites for hydroxylation is 1. The van der Waals surface area contributed by atoms with Gasteiger partial charge in [-0.15, -0.1) is 0 Å². The molecule has 0 fully saturated rings. The van der Waals surface area contributed by atoms with Crippen LogP contribution in [0.3, 0.4) is 0 Å². The van der Waals surface area contributed by atoms with Crippen molar-refractivity contribution in [3.8, 4) is 5.69 Å². The molecule has 17 heavy (non-hydrogen) atoms. The molecule has 1 aromatic carbocycles. The predicted octanol–water partition coefficient (Wildman–Crippen LogP) is 2.29. The van der Waals surface area contributed by atoms with Crippen molar-refractivity contribution in [3.63, 3.8) is 0 Å². The van der Waals surface area contributed by atoms with Crippen LogP contribution in [0.25, 0.3) is 5.69 Å². The average Bonchev–Trinajstić information content (AvgIpc) is 2.70. The monoisotopic (exact) mass is 230 g/mol. The van der Waals surface area contributed by atoms with Crippen LogP contribution in [0.2, 0.25) is 0 Å². The molecule has 0 aliphatic heterocycles. The lowest BCUT2D eigenvalue weighted by atomic mass is 10.2. The second-order valence-corrected chi connectivity index (χ2v) is 4.24. The van der Waals surface area contributed by atoms with E-state index < -0.39 is 0 Å². The molecular formula is C13H18N4. The molecule has 4 heteroatoms. The Morgan fingerprint density at radius 2 is 1.82 bits per heavy atom. The number of aromatic nitrogens is 2. The molecule has 0 radical (unpaired) electrons. The van der Waals surface area contributed by atoms with E-state index in [1.807, 2.05) is 34.3 Å². The van der Waals surface area contributed by atoms with Crippen LogP contribution < -0.4 is 10.2 Å². The zero-order valence-electron chi connectivity index (χ0n) is 10.7. The van der Waals surface area contributed by atoms with Crippen molar-refractivity contribution in [2.24, 2.45) is 0 Å². The zero-order valence-corrected chi connectivity index (χ0v) is 10.7. The van der Waals surface area contributed by atoms with Gasteiger partial charge in [-0.1, -0.05) is 0 Å².